The summed E-state index contributed by atoms with van der Waals surface area (Å²) in [5, 5.41) is 0. The van der Waals surface area contributed by atoms with Gasteiger partial charge in [-0.2, -0.15) is 0 Å². The molecule has 186 valence electrons. The van der Waals surface area contributed by atoms with Crippen molar-refractivity contribution in [3.63, 3.8) is 0 Å². The highest BCUT2D eigenvalue weighted by Gasteiger charge is 2.13. The molecular weight excluding hydrogens is 785 g/mol. The quantitative estimate of drug-likeness (QED) is 0.121. The van der Waals surface area contributed by atoms with Crippen molar-refractivity contribution in [2.75, 3.05) is 0 Å². The summed E-state index contributed by atoms with van der Waals surface area (Å²) in [5.41, 5.74) is 9.79. The van der Waals surface area contributed by atoms with E-state index in [4.69, 9.17) is 9.97 Å². The zero-order valence-electron chi connectivity index (χ0n) is 20.3. The third kappa shape index (κ3) is 5.77. The first kappa shape index (κ1) is 26.4. The lowest BCUT2D eigenvalue weighted by Crippen LogP contribution is -1.93. The normalized spacial score (nSPS) is 12.6. The molecule has 0 fully saturated rings. The monoisotopic (exact) mass is 814 g/mol. The molecule has 8 bridgehead atoms. The number of aryl methyl sites for hydroxylation is 1. The van der Waals surface area contributed by atoms with E-state index in [1.54, 1.807) is 0 Å². The molecule has 0 amide bonds. The summed E-state index contributed by atoms with van der Waals surface area (Å²) < 4.78 is 3.37. The Bertz CT molecular complexity index is 1490. The first-order chi connectivity index (χ1) is 17.5. The molecular formula is C29H29I3N4. The van der Waals surface area contributed by atoms with Crippen molar-refractivity contribution in [3.8, 4) is 0 Å². The summed E-state index contributed by atoms with van der Waals surface area (Å²) >= 11 is 7.22. The van der Waals surface area contributed by atoms with Gasteiger partial charge < -0.3 is 9.97 Å². The standard InChI is InChI=1S/C29H29I3N4/c1-2-3-4-5-6-7-8-9-18-19-10-12-21(33-19)27(30)23-14-16-25(35-23)29(32)26-17-15-24(36-26)28(31)22-13-11-20(18)34-22/h10-17,33,36H,2-9H2,1H3. The van der Waals surface area contributed by atoms with Crippen molar-refractivity contribution in [3.05, 3.63) is 63.3 Å². The SMILES string of the molecule is CCCCCCCCCc1c2nc(c(I)c3ccc([nH]3)c(I)c3nc(c(I)c4ccc1[nH]4)C=C3)C=C2. The molecule has 0 saturated carbocycles. The van der Waals surface area contributed by atoms with Gasteiger partial charge in [-0.05, 0) is 129 Å². The van der Waals surface area contributed by atoms with Crippen molar-refractivity contribution in [2.24, 2.45) is 0 Å². The predicted octanol–water partition coefficient (Wildman–Crippen LogP) is 9.76. The van der Waals surface area contributed by atoms with Crippen LogP contribution in [-0.4, -0.2) is 19.9 Å². The van der Waals surface area contributed by atoms with Crippen LogP contribution in [0.25, 0.3) is 46.4 Å². The van der Waals surface area contributed by atoms with Gasteiger partial charge in [-0.1, -0.05) is 45.4 Å². The fourth-order valence-electron chi connectivity index (χ4n) is 4.68. The molecule has 3 aromatic rings. The second-order valence-corrected chi connectivity index (χ2v) is 12.5. The number of fused-ring (bicyclic) bond motifs is 8. The second-order valence-electron chi connectivity index (χ2n) is 9.29. The molecule has 2 N–H and O–H groups in total. The molecule has 3 aromatic heterocycles. The Morgan fingerprint density at radius 2 is 0.972 bits per heavy atom. The van der Waals surface area contributed by atoms with Gasteiger partial charge in [0.05, 0.1) is 50.0 Å². The highest BCUT2D eigenvalue weighted by Crippen LogP contribution is 2.29. The van der Waals surface area contributed by atoms with Gasteiger partial charge in [0.2, 0.25) is 0 Å². The summed E-state index contributed by atoms with van der Waals surface area (Å²) in [7, 11) is 0. The number of hydrogen-bond acceptors (Lipinski definition) is 2. The Kier molecular flexibility index (Phi) is 8.87. The van der Waals surface area contributed by atoms with E-state index in [0.717, 1.165) is 62.0 Å². The molecule has 0 aromatic carbocycles. The molecule has 2 aliphatic rings. The molecule has 0 saturated heterocycles. The third-order valence-electron chi connectivity index (χ3n) is 6.70. The third-order valence-corrected chi connectivity index (χ3v) is 10.1. The van der Waals surface area contributed by atoms with E-state index in [1.807, 2.05) is 0 Å². The Balaban J connectivity index is 1.64. The minimum absolute atomic E-state index is 0.988. The number of aromatic nitrogens is 4. The van der Waals surface area contributed by atoms with E-state index in [2.05, 4.69) is 133 Å². The number of nitrogens with one attached hydrogen (secondary N) is 2. The van der Waals surface area contributed by atoms with Gasteiger partial charge >= 0.3 is 0 Å². The van der Waals surface area contributed by atoms with Crippen LogP contribution in [0.2, 0.25) is 0 Å². The van der Waals surface area contributed by atoms with Crippen LogP contribution >= 0.6 is 67.8 Å². The maximum Gasteiger partial charge on any atom is 0.0792 e. The first-order valence-corrected chi connectivity index (χ1v) is 15.9. The van der Waals surface area contributed by atoms with Gasteiger partial charge in [0.15, 0.2) is 0 Å². The van der Waals surface area contributed by atoms with Crippen LogP contribution in [0.5, 0.6) is 0 Å². The molecule has 7 heteroatoms. The van der Waals surface area contributed by atoms with Gasteiger partial charge in [-0.25, -0.2) is 9.97 Å². The topological polar surface area (TPSA) is 57.4 Å². The molecule has 5 rings (SSSR count). The van der Waals surface area contributed by atoms with Crippen LogP contribution < -0.4 is 0 Å². The van der Waals surface area contributed by atoms with Crippen LogP contribution in [0.3, 0.4) is 0 Å². The molecule has 0 atom stereocenters. The fraction of sp³-hybridized carbons (Fsp3) is 0.310. The van der Waals surface area contributed by atoms with Crippen LogP contribution in [0.15, 0.2) is 24.3 Å². The number of nitrogens with zero attached hydrogens (tertiary/aromatic N) is 2. The van der Waals surface area contributed by atoms with Gasteiger partial charge in [0.1, 0.15) is 0 Å². The fourth-order valence-corrected chi connectivity index (χ4v) is 6.53. The van der Waals surface area contributed by atoms with Gasteiger partial charge in [-0.3, -0.25) is 0 Å². The van der Waals surface area contributed by atoms with Crippen LogP contribution in [0.1, 0.15) is 80.2 Å². The highest BCUT2D eigenvalue weighted by molar-refractivity contribution is 14.1. The molecule has 36 heavy (non-hydrogen) atoms. The molecule has 4 nitrogen and oxygen atoms in total. The number of aromatic amines is 2. The van der Waals surface area contributed by atoms with Gasteiger partial charge in [0.25, 0.3) is 0 Å². The van der Waals surface area contributed by atoms with E-state index in [9.17, 15) is 0 Å². The minimum atomic E-state index is 0.988. The number of unbranched alkanes of at least 4 members (excludes halogenated alkanes) is 6. The summed E-state index contributed by atoms with van der Waals surface area (Å²) in [6, 6.07) is 8.67. The Labute approximate surface area is 253 Å². The van der Waals surface area contributed by atoms with E-state index in [-0.39, 0.29) is 0 Å². The summed E-state index contributed by atoms with van der Waals surface area (Å²) in [4.78, 5) is 17.3. The lowest BCUT2D eigenvalue weighted by atomic mass is 10.0. The maximum absolute atomic E-state index is 5.11. The Morgan fingerprint density at radius 1 is 0.556 bits per heavy atom. The minimum Gasteiger partial charge on any atom is -0.354 e. The van der Waals surface area contributed by atoms with Gasteiger partial charge in [-0.15, -0.1) is 0 Å². The van der Waals surface area contributed by atoms with E-state index < -0.39 is 0 Å². The average Bonchev–Trinajstić information content (AvgIpc) is 3.69. The van der Waals surface area contributed by atoms with Crippen molar-refractivity contribution < 1.29 is 0 Å². The number of hydrogen-bond donors (Lipinski definition) is 2. The smallest absolute Gasteiger partial charge is 0.0792 e. The number of halogens is 3. The van der Waals surface area contributed by atoms with E-state index >= 15 is 0 Å². The lowest BCUT2D eigenvalue weighted by Gasteiger charge is -2.04. The summed E-state index contributed by atoms with van der Waals surface area (Å²) in [6.07, 6.45) is 18.7. The lowest BCUT2D eigenvalue weighted by molar-refractivity contribution is 0.589. The van der Waals surface area contributed by atoms with E-state index in [0.29, 0.717) is 0 Å². The summed E-state index contributed by atoms with van der Waals surface area (Å²) in [6.45, 7) is 2.27. The zero-order chi connectivity index (χ0) is 25.1. The second kappa shape index (κ2) is 12.1. The van der Waals surface area contributed by atoms with Crippen molar-refractivity contribution in [1.82, 2.24) is 19.9 Å². The molecule has 0 aliphatic carbocycles. The predicted molar refractivity (Wildman–Crippen MR) is 179 cm³/mol. The molecule has 0 unspecified atom stereocenters. The van der Waals surface area contributed by atoms with Crippen molar-refractivity contribution in [2.45, 2.75) is 58.3 Å². The largest absolute Gasteiger partial charge is 0.354 e. The first-order valence-electron chi connectivity index (χ1n) is 12.7. The maximum atomic E-state index is 5.11. The molecule has 0 radical (unpaired) electrons. The molecule has 2 aliphatic heterocycles. The molecule has 0 spiro atoms. The van der Waals surface area contributed by atoms with Crippen LogP contribution in [0, 0.1) is 10.7 Å². The number of rotatable bonds is 8. The van der Waals surface area contributed by atoms with E-state index in [1.165, 1.54) is 50.5 Å². The average molecular weight is 814 g/mol. The van der Waals surface area contributed by atoms with Crippen LogP contribution in [-0.2, 0) is 6.42 Å². The van der Waals surface area contributed by atoms with Crippen molar-refractivity contribution in [1.29, 1.82) is 0 Å². The summed E-state index contributed by atoms with van der Waals surface area (Å²) in [5.74, 6) is 0. The Morgan fingerprint density at radius 3 is 1.53 bits per heavy atom. The molecule has 5 heterocycles. The Hall–Kier alpha value is -1.21. The zero-order valence-corrected chi connectivity index (χ0v) is 26.8. The number of H-pyrrole nitrogens is 2. The van der Waals surface area contributed by atoms with Crippen molar-refractivity contribution >= 4 is 114 Å². The van der Waals surface area contributed by atoms with Gasteiger partial charge in [0, 0.05) is 11.1 Å². The highest BCUT2D eigenvalue weighted by atomic mass is 127. The van der Waals surface area contributed by atoms with Crippen LogP contribution in [0.4, 0.5) is 0 Å².